The number of nitrogens with two attached hydrogens (primary N) is 1. The minimum Gasteiger partial charge on any atom is -0.495 e. The molecule has 1 aromatic carbocycles. The molecule has 1 unspecified atom stereocenters. The second-order valence-electron chi connectivity index (χ2n) is 5.76. The Morgan fingerprint density at radius 3 is 2.45 bits per heavy atom. The van der Waals surface area contributed by atoms with Gasteiger partial charge in [-0.15, -0.1) is 0 Å². The van der Waals surface area contributed by atoms with Gasteiger partial charge in [0.25, 0.3) is 0 Å². The zero-order valence-corrected chi connectivity index (χ0v) is 13.2. The first-order chi connectivity index (χ1) is 10.2. The van der Waals surface area contributed by atoms with Gasteiger partial charge < -0.3 is 15.2 Å². The lowest BCUT2D eigenvalue weighted by molar-refractivity contribution is 0.0635. The number of carbonyl (C=O) groups is 1. The lowest BCUT2D eigenvalue weighted by atomic mass is 9.99. The van der Waals surface area contributed by atoms with Crippen LogP contribution in [0.2, 0.25) is 0 Å². The minimum absolute atomic E-state index is 0.181. The van der Waals surface area contributed by atoms with Crippen molar-refractivity contribution in [3.63, 3.8) is 0 Å². The summed E-state index contributed by atoms with van der Waals surface area (Å²) in [7, 11) is 1.39. The van der Waals surface area contributed by atoms with E-state index in [2.05, 4.69) is 5.32 Å². The number of methoxy groups -OCH3 is 1. The van der Waals surface area contributed by atoms with Gasteiger partial charge in [-0.1, -0.05) is 6.07 Å². The highest BCUT2D eigenvalue weighted by Gasteiger charge is 2.23. The summed E-state index contributed by atoms with van der Waals surface area (Å²) in [6, 6.07) is 4.42. The molecule has 1 rings (SSSR count). The van der Waals surface area contributed by atoms with Crippen molar-refractivity contribution in [2.24, 2.45) is 5.73 Å². The quantitative estimate of drug-likeness (QED) is 0.873. The van der Waals surface area contributed by atoms with E-state index in [1.807, 2.05) is 0 Å². The Morgan fingerprint density at radius 1 is 1.36 bits per heavy atom. The highest BCUT2D eigenvalue weighted by Crippen LogP contribution is 2.31. The van der Waals surface area contributed by atoms with Crippen molar-refractivity contribution in [3.05, 3.63) is 23.8 Å². The van der Waals surface area contributed by atoms with Crippen LogP contribution in [0.1, 0.15) is 32.3 Å². The summed E-state index contributed by atoms with van der Waals surface area (Å²) in [6.45, 7) is 5.03. The van der Waals surface area contributed by atoms with E-state index in [0.717, 1.165) is 0 Å². The lowest BCUT2D eigenvalue weighted by Gasteiger charge is -2.21. The molecule has 7 heteroatoms. The second-order valence-corrected chi connectivity index (χ2v) is 5.76. The van der Waals surface area contributed by atoms with Gasteiger partial charge in [-0.05, 0) is 38.5 Å². The van der Waals surface area contributed by atoms with Gasteiger partial charge in [0.1, 0.15) is 11.4 Å². The Morgan fingerprint density at radius 2 is 2.00 bits per heavy atom. The predicted octanol–water partition coefficient (Wildman–Crippen LogP) is 3.35. The molecule has 0 saturated carbocycles. The molecule has 0 aliphatic carbocycles. The number of amides is 1. The van der Waals surface area contributed by atoms with Gasteiger partial charge in [0.2, 0.25) is 6.43 Å². The van der Waals surface area contributed by atoms with Gasteiger partial charge in [-0.25, -0.2) is 13.6 Å². The van der Waals surface area contributed by atoms with E-state index < -0.39 is 24.0 Å². The van der Waals surface area contributed by atoms with Crippen LogP contribution < -0.4 is 15.8 Å². The van der Waals surface area contributed by atoms with Crippen LogP contribution in [0, 0.1) is 0 Å². The Kier molecular flexibility index (Phi) is 6.11. The number of ether oxygens (including phenoxy) is 2. The molecule has 0 aliphatic heterocycles. The van der Waals surface area contributed by atoms with Crippen LogP contribution in [0.5, 0.6) is 5.75 Å². The van der Waals surface area contributed by atoms with E-state index in [9.17, 15) is 13.6 Å². The van der Waals surface area contributed by atoms with Gasteiger partial charge in [0.15, 0.2) is 0 Å². The number of hydrogen-bond acceptors (Lipinski definition) is 4. The van der Waals surface area contributed by atoms with Crippen LogP contribution in [0.3, 0.4) is 0 Å². The number of rotatable bonds is 5. The van der Waals surface area contributed by atoms with E-state index >= 15 is 0 Å². The molecule has 0 aliphatic rings. The third-order valence-electron chi connectivity index (χ3n) is 2.85. The monoisotopic (exact) mass is 316 g/mol. The van der Waals surface area contributed by atoms with Crippen LogP contribution in [0.4, 0.5) is 19.3 Å². The average Bonchev–Trinajstić information content (AvgIpc) is 2.38. The minimum atomic E-state index is -2.57. The fourth-order valence-electron chi connectivity index (χ4n) is 1.84. The molecule has 3 N–H and O–H groups in total. The van der Waals surface area contributed by atoms with Crippen LogP contribution in [0.25, 0.3) is 0 Å². The summed E-state index contributed by atoms with van der Waals surface area (Å²) in [6.07, 6.45) is -3.22. The number of benzene rings is 1. The van der Waals surface area contributed by atoms with E-state index in [1.165, 1.54) is 25.3 Å². The van der Waals surface area contributed by atoms with Gasteiger partial charge in [0, 0.05) is 6.54 Å². The number of anilines is 1. The average molecular weight is 316 g/mol. The highest BCUT2D eigenvalue weighted by atomic mass is 19.3. The van der Waals surface area contributed by atoms with Crippen LogP contribution in [0.15, 0.2) is 18.2 Å². The molecule has 1 amide bonds. The molecular weight excluding hydrogens is 294 g/mol. The van der Waals surface area contributed by atoms with Crippen LogP contribution in [-0.2, 0) is 4.74 Å². The first-order valence-corrected chi connectivity index (χ1v) is 6.84. The Balaban J connectivity index is 2.96. The van der Waals surface area contributed by atoms with Crippen molar-refractivity contribution in [2.75, 3.05) is 19.0 Å². The highest BCUT2D eigenvalue weighted by molar-refractivity contribution is 5.87. The molecule has 0 bridgehead atoms. The zero-order chi connectivity index (χ0) is 16.9. The van der Waals surface area contributed by atoms with Gasteiger partial charge in [-0.3, -0.25) is 5.32 Å². The topological polar surface area (TPSA) is 73.6 Å². The summed E-state index contributed by atoms with van der Waals surface area (Å²) < 4.78 is 36.1. The van der Waals surface area contributed by atoms with E-state index in [0.29, 0.717) is 11.3 Å². The van der Waals surface area contributed by atoms with Gasteiger partial charge in [0.05, 0.1) is 18.7 Å². The maximum atomic E-state index is 12.9. The molecule has 1 atom stereocenters. The fraction of sp³-hybridized carbons (Fsp3) is 0.533. The fourth-order valence-corrected chi connectivity index (χ4v) is 1.84. The molecule has 0 heterocycles. The summed E-state index contributed by atoms with van der Waals surface area (Å²) in [5.74, 6) is -0.813. The first kappa shape index (κ1) is 18.2. The standard InChI is InChI=1S/C15H22F2N2O3/c1-15(2,3)22-14(20)19-11-6-5-9(7-12(11)21-4)10(8-18)13(16)17/h5-7,10,13H,8,18H2,1-4H3,(H,19,20). The van der Waals surface area contributed by atoms with Crippen molar-refractivity contribution >= 4 is 11.8 Å². The smallest absolute Gasteiger partial charge is 0.412 e. The summed E-state index contributed by atoms with van der Waals surface area (Å²) in [5, 5.41) is 2.53. The maximum absolute atomic E-state index is 12.9. The number of halogens is 2. The van der Waals surface area contributed by atoms with Crippen molar-refractivity contribution < 1.29 is 23.0 Å². The van der Waals surface area contributed by atoms with E-state index in [4.69, 9.17) is 15.2 Å². The van der Waals surface area contributed by atoms with Crippen molar-refractivity contribution in [2.45, 2.75) is 38.7 Å². The van der Waals surface area contributed by atoms with Gasteiger partial charge in [-0.2, -0.15) is 0 Å². The number of alkyl halides is 2. The van der Waals surface area contributed by atoms with E-state index in [1.54, 1.807) is 20.8 Å². The third-order valence-corrected chi connectivity index (χ3v) is 2.85. The number of carbonyl (C=O) groups excluding carboxylic acids is 1. The molecule has 0 spiro atoms. The molecule has 22 heavy (non-hydrogen) atoms. The lowest BCUT2D eigenvalue weighted by Crippen LogP contribution is -2.27. The Hall–Kier alpha value is -1.89. The molecule has 0 radical (unpaired) electrons. The van der Waals surface area contributed by atoms with Crippen LogP contribution in [-0.4, -0.2) is 31.8 Å². The Labute approximate surface area is 128 Å². The molecule has 0 fully saturated rings. The largest absolute Gasteiger partial charge is 0.495 e. The molecule has 5 nitrogen and oxygen atoms in total. The Bertz CT molecular complexity index is 516. The van der Waals surface area contributed by atoms with Crippen molar-refractivity contribution in [3.8, 4) is 5.75 Å². The van der Waals surface area contributed by atoms with E-state index in [-0.39, 0.29) is 12.3 Å². The molecule has 1 aromatic rings. The summed E-state index contributed by atoms with van der Waals surface area (Å²) >= 11 is 0. The number of hydrogen-bond donors (Lipinski definition) is 2. The van der Waals surface area contributed by atoms with Crippen LogP contribution >= 0.6 is 0 Å². The summed E-state index contributed by atoms with van der Waals surface area (Å²) in [4.78, 5) is 11.8. The molecule has 124 valence electrons. The van der Waals surface area contributed by atoms with Crippen molar-refractivity contribution in [1.82, 2.24) is 0 Å². The molecule has 0 saturated heterocycles. The van der Waals surface area contributed by atoms with Crippen molar-refractivity contribution in [1.29, 1.82) is 0 Å². The first-order valence-electron chi connectivity index (χ1n) is 6.84. The predicted molar refractivity (Wildman–Crippen MR) is 80.7 cm³/mol. The normalized spacial score (nSPS) is 12.9. The third kappa shape index (κ3) is 5.14. The molecular formula is C15H22F2N2O3. The zero-order valence-electron chi connectivity index (χ0n) is 13.2. The second kappa shape index (κ2) is 7.40. The maximum Gasteiger partial charge on any atom is 0.412 e. The van der Waals surface area contributed by atoms with Gasteiger partial charge >= 0.3 is 6.09 Å². The number of nitrogens with one attached hydrogen (secondary N) is 1. The molecule has 0 aromatic heterocycles. The SMILES string of the molecule is COc1cc(C(CN)C(F)F)ccc1NC(=O)OC(C)(C)C. The summed E-state index contributed by atoms with van der Waals surface area (Å²) in [5.41, 5.74) is 5.42.